The van der Waals surface area contributed by atoms with Crippen LogP contribution >= 0.6 is 0 Å². The van der Waals surface area contributed by atoms with E-state index in [-0.39, 0.29) is 0 Å². The van der Waals surface area contributed by atoms with Crippen molar-refractivity contribution < 1.29 is 4.74 Å². The fraction of sp³-hybridized carbons (Fsp3) is 0.684. The molecule has 0 aliphatic heterocycles. The van der Waals surface area contributed by atoms with Crippen molar-refractivity contribution in [1.82, 2.24) is 5.32 Å². The summed E-state index contributed by atoms with van der Waals surface area (Å²) in [5.74, 6) is 1.12. The van der Waals surface area contributed by atoms with Crippen LogP contribution in [0.2, 0.25) is 0 Å². The molecule has 1 aromatic carbocycles. The summed E-state index contributed by atoms with van der Waals surface area (Å²) < 4.78 is 6.48. The molecule has 116 valence electrons. The summed E-state index contributed by atoms with van der Waals surface area (Å²) in [4.78, 5) is 0. The normalized spacial score (nSPS) is 26.8. The number of benzene rings is 1. The topological polar surface area (TPSA) is 21.3 Å². The number of para-hydroxylation sites is 1. The van der Waals surface area contributed by atoms with E-state index >= 15 is 0 Å². The number of aryl methyl sites for hydroxylation is 1. The van der Waals surface area contributed by atoms with Crippen LogP contribution in [0.3, 0.4) is 0 Å². The van der Waals surface area contributed by atoms with E-state index < -0.39 is 0 Å². The van der Waals surface area contributed by atoms with E-state index in [0.717, 1.165) is 18.7 Å². The zero-order valence-corrected chi connectivity index (χ0v) is 13.5. The van der Waals surface area contributed by atoms with Gasteiger partial charge in [0, 0.05) is 17.9 Å². The second-order valence-electron chi connectivity index (χ2n) is 6.75. The van der Waals surface area contributed by atoms with Gasteiger partial charge in [-0.15, -0.1) is 0 Å². The summed E-state index contributed by atoms with van der Waals surface area (Å²) in [5.41, 5.74) is 1.76. The van der Waals surface area contributed by atoms with Gasteiger partial charge in [0.05, 0.1) is 0 Å². The summed E-state index contributed by atoms with van der Waals surface area (Å²) in [7, 11) is 0. The smallest absolute Gasteiger partial charge is 0.122 e. The zero-order valence-electron chi connectivity index (χ0n) is 13.5. The summed E-state index contributed by atoms with van der Waals surface area (Å²) in [6.45, 7) is 5.60. The molecular formula is C19H29NO. The van der Waals surface area contributed by atoms with Crippen molar-refractivity contribution in [2.24, 2.45) is 5.41 Å². The van der Waals surface area contributed by atoms with Gasteiger partial charge in [-0.1, -0.05) is 44.9 Å². The highest BCUT2D eigenvalue weighted by molar-refractivity contribution is 5.34. The Morgan fingerprint density at radius 1 is 1.19 bits per heavy atom. The number of hydrogen-bond donors (Lipinski definition) is 1. The van der Waals surface area contributed by atoms with Crippen LogP contribution in [0, 0.1) is 5.41 Å². The number of ether oxygens (including phenoxy) is 1. The molecule has 2 aliphatic rings. The van der Waals surface area contributed by atoms with Crippen molar-refractivity contribution in [2.75, 3.05) is 6.54 Å². The van der Waals surface area contributed by atoms with Crippen LogP contribution in [-0.4, -0.2) is 18.7 Å². The second kappa shape index (κ2) is 6.39. The van der Waals surface area contributed by atoms with Gasteiger partial charge in [-0.25, -0.2) is 0 Å². The van der Waals surface area contributed by atoms with Crippen LogP contribution in [0.5, 0.6) is 5.75 Å². The lowest BCUT2D eigenvalue weighted by Crippen LogP contribution is -2.63. The molecule has 0 aromatic heterocycles. The van der Waals surface area contributed by atoms with E-state index in [1.807, 2.05) is 0 Å². The van der Waals surface area contributed by atoms with Crippen LogP contribution < -0.4 is 10.1 Å². The van der Waals surface area contributed by atoms with Gasteiger partial charge < -0.3 is 10.1 Å². The minimum absolute atomic E-state index is 0.413. The van der Waals surface area contributed by atoms with Crippen molar-refractivity contribution in [3.8, 4) is 5.75 Å². The zero-order chi connectivity index (χ0) is 14.7. The van der Waals surface area contributed by atoms with E-state index in [0.29, 0.717) is 17.6 Å². The van der Waals surface area contributed by atoms with Gasteiger partial charge in [0.15, 0.2) is 0 Å². The molecule has 1 N–H and O–H groups in total. The molecule has 2 heteroatoms. The van der Waals surface area contributed by atoms with Crippen molar-refractivity contribution in [1.29, 1.82) is 0 Å². The Labute approximate surface area is 129 Å². The van der Waals surface area contributed by atoms with Crippen LogP contribution in [0.1, 0.15) is 57.9 Å². The highest BCUT2D eigenvalue weighted by Crippen LogP contribution is 2.54. The Balaban J connectivity index is 1.71. The molecule has 2 saturated carbocycles. The number of hydrogen-bond acceptors (Lipinski definition) is 2. The molecule has 1 spiro atoms. The fourth-order valence-corrected chi connectivity index (χ4v) is 4.29. The summed E-state index contributed by atoms with van der Waals surface area (Å²) in [6.07, 6.45) is 9.30. The summed E-state index contributed by atoms with van der Waals surface area (Å²) in [6, 6.07) is 9.24. The molecule has 0 saturated heterocycles. The molecule has 1 aromatic rings. The van der Waals surface area contributed by atoms with Gasteiger partial charge in [0.2, 0.25) is 0 Å². The summed E-state index contributed by atoms with van der Waals surface area (Å²) >= 11 is 0. The minimum Gasteiger partial charge on any atom is -0.489 e. The van der Waals surface area contributed by atoms with E-state index in [4.69, 9.17) is 4.74 Å². The SMILES string of the molecule is CCCNC1CC(Oc2ccccc2CC)C12CCCC2. The lowest BCUT2D eigenvalue weighted by Gasteiger charge is -2.54. The predicted octanol–water partition coefficient (Wildman–Crippen LogP) is 4.33. The average Bonchev–Trinajstić information content (AvgIpc) is 3.03. The Hall–Kier alpha value is -1.02. The molecule has 21 heavy (non-hydrogen) atoms. The molecule has 2 fully saturated rings. The van der Waals surface area contributed by atoms with Crippen molar-refractivity contribution in [3.05, 3.63) is 29.8 Å². The molecule has 2 atom stereocenters. The van der Waals surface area contributed by atoms with Crippen molar-refractivity contribution in [3.63, 3.8) is 0 Å². The molecule has 3 rings (SSSR count). The predicted molar refractivity (Wildman–Crippen MR) is 87.8 cm³/mol. The molecule has 0 amide bonds. The van der Waals surface area contributed by atoms with Crippen LogP contribution in [0.15, 0.2) is 24.3 Å². The Kier molecular flexibility index (Phi) is 4.54. The first-order valence-corrected chi connectivity index (χ1v) is 8.78. The van der Waals surface area contributed by atoms with Crippen molar-refractivity contribution >= 4 is 0 Å². The first-order valence-electron chi connectivity index (χ1n) is 8.78. The average molecular weight is 287 g/mol. The lowest BCUT2D eigenvalue weighted by atomic mass is 9.60. The highest BCUT2D eigenvalue weighted by Gasteiger charge is 2.57. The molecule has 0 radical (unpaired) electrons. The van der Waals surface area contributed by atoms with E-state index in [1.165, 1.54) is 44.1 Å². The third kappa shape index (κ3) is 2.70. The van der Waals surface area contributed by atoms with Gasteiger partial charge in [0.1, 0.15) is 11.9 Å². The monoisotopic (exact) mass is 287 g/mol. The molecule has 2 aliphatic carbocycles. The Bertz CT molecular complexity index is 464. The quantitative estimate of drug-likeness (QED) is 0.841. The van der Waals surface area contributed by atoms with E-state index in [9.17, 15) is 0 Å². The third-order valence-electron chi connectivity index (χ3n) is 5.58. The van der Waals surface area contributed by atoms with Gasteiger partial charge in [0.25, 0.3) is 0 Å². The maximum absolute atomic E-state index is 6.48. The second-order valence-corrected chi connectivity index (χ2v) is 6.75. The molecule has 0 heterocycles. The highest BCUT2D eigenvalue weighted by atomic mass is 16.5. The largest absolute Gasteiger partial charge is 0.489 e. The molecule has 0 bridgehead atoms. The fourth-order valence-electron chi connectivity index (χ4n) is 4.29. The Morgan fingerprint density at radius 3 is 2.67 bits per heavy atom. The molecule has 2 nitrogen and oxygen atoms in total. The summed E-state index contributed by atoms with van der Waals surface area (Å²) in [5, 5.41) is 3.77. The number of rotatable bonds is 6. The van der Waals surface area contributed by atoms with Gasteiger partial charge in [-0.05, 0) is 43.9 Å². The maximum atomic E-state index is 6.48. The van der Waals surface area contributed by atoms with Gasteiger partial charge in [-0.3, -0.25) is 0 Å². The van der Waals surface area contributed by atoms with Gasteiger partial charge >= 0.3 is 0 Å². The van der Waals surface area contributed by atoms with E-state index in [2.05, 4.69) is 43.4 Å². The van der Waals surface area contributed by atoms with Crippen LogP contribution in [-0.2, 0) is 6.42 Å². The van der Waals surface area contributed by atoms with Gasteiger partial charge in [-0.2, -0.15) is 0 Å². The maximum Gasteiger partial charge on any atom is 0.122 e. The first kappa shape index (κ1) is 14.9. The standard InChI is InChI=1S/C19H29NO/c1-3-13-20-17-14-18(19(17)11-7-8-12-19)21-16-10-6-5-9-15(16)4-2/h5-6,9-10,17-18,20H,3-4,7-8,11-14H2,1-2H3. The van der Waals surface area contributed by atoms with Crippen LogP contribution in [0.25, 0.3) is 0 Å². The minimum atomic E-state index is 0.413. The third-order valence-corrected chi connectivity index (χ3v) is 5.58. The Morgan fingerprint density at radius 2 is 1.95 bits per heavy atom. The van der Waals surface area contributed by atoms with Crippen molar-refractivity contribution in [2.45, 2.75) is 70.9 Å². The first-order chi connectivity index (χ1) is 10.3. The molecular weight excluding hydrogens is 258 g/mol. The lowest BCUT2D eigenvalue weighted by molar-refractivity contribution is -0.0763. The molecule has 2 unspecified atom stereocenters. The van der Waals surface area contributed by atoms with E-state index in [1.54, 1.807) is 0 Å². The van der Waals surface area contributed by atoms with Crippen LogP contribution in [0.4, 0.5) is 0 Å². The number of nitrogens with one attached hydrogen (secondary N) is 1.